The van der Waals surface area contributed by atoms with Crippen LogP contribution in [0, 0.1) is 0 Å². The maximum atomic E-state index is 2.48. The Balaban J connectivity index is 2.42. The molecule has 0 saturated heterocycles. The van der Waals surface area contributed by atoms with Crippen LogP contribution >= 0.6 is 23.0 Å². The quantitative estimate of drug-likeness (QED) is 0.404. The first-order valence-electron chi connectivity index (χ1n) is 5.65. The first-order chi connectivity index (χ1) is 7.33. The van der Waals surface area contributed by atoms with Crippen molar-refractivity contribution in [2.45, 2.75) is 43.8 Å². The summed E-state index contributed by atoms with van der Waals surface area (Å²) in [5.41, 5.74) is 0. The molecule has 0 heterocycles. The Hall–Kier alpha value is 0.137. The summed E-state index contributed by atoms with van der Waals surface area (Å²) >= 11 is 4.14. The van der Waals surface area contributed by atoms with Crippen molar-refractivity contribution in [2.24, 2.45) is 0 Å². The average Bonchev–Trinajstić information content (AvgIpc) is 2.17. The van der Waals surface area contributed by atoms with Gasteiger partial charge in [-0.25, -0.2) is 0 Å². The lowest BCUT2D eigenvalue weighted by Crippen LogP contribution is -2.33. The molecule has 0 nitrogen and oxygen atoms in total. The zero-order valence-electron chi connectivity index (χ0n) is 10.9. The molecule has 1 aromatic rings. The molecule has 90 valence electrons. The summed E-state index contributed by atoms with van der Waals surface area (Å²) in [7, 11) is -1.16. The van der Waals surface area contributed by atoms with Crippen LogP contribution in [0.15, 0.2) is 35.2 Å². The molecule has 0 aromatic heterocycles. The third-order valence-corrected chi connectivity index (χ3v) is 14.1. The maximum Gasteiger partial charge on any atom is 0.117 e. The first-order valence-corrected chi connectivity index (χ1v) is 11.3. The molecular weight excluding hydrogens is 248 g/mol. The van der Waals surface area contributed by atoms with Gasteiger partial charge in [-0.15, -0.1) is 11.8 Å². The van der Waals surface area contributed by atoms with Gasteiger partial charge in [0.15, 0.2) is 0 Å². The summed E-state index contributed by atoms with van der Waals surface area (Å²) in [6.45, 7) is 12.1. The van der Waals surface area contributed by atoms with Crippen molar-refractivity contribution in [3.63, 3.8) is 0 Å². The average molecular weight is 271 g/mol. The highest BCUT2D eigenvalue weighted by Crippen LogP contribution is 2.44. The number of hydrogen-bond acceptors (Lipinski definition) is 2. The van der Waals surface area contributed by atoms with Crippen LogP contribution in [0.25, 0.3) is 0 Å². The van der Waals surface area contributed by atoms with E-state index in [1.165, 1.54) is 9.98 Å². The fourth-order valence-corrected chi connectivity index (χ4v) is 8.20. The summed E-state index contributed by atoms with van der Waals surface area (Å²) in [6, 6.07) is 10.7. The molecule has 0 aliphatic carbocycles. The smallest absolute Gasteiger partial charge is 0.117 e. The molecule has 0 fully saturated rings. The van der Waals surface area contributed by atoms with Crippen LogP contribution < -0.4 is 0 Å². The van der Waals surface area contributed by atoms with Gasteiger partial charge in [0.1, 0.15) is 7.22 Å². The Labute approximate surface area is 109 Å². The van der Waals surface area contributed by atoms with E-state index in [1.54, 1.807) is 0 Å². The Morgan fingerprint density at radius 3 is 2.12 bits per heavy atom. The lowest BCUT2D eigenvalue weighted by atomic mass is 10.2. The van der Waals surface area contributed by atoms with Gasteiger partial charge in [-0.3, -0.25) is 0 Å². The van der Waals surface area contributed by atoms with E-state index in [4.69, 9.17) is 0 Å². The van der Waals surface area contributed by atoms with Gasteiger partial charge in [-0.05, 0) is 17.2 Å². The fraction of sp³-hybridized carbons (Fsp3) is 0.538. The summed E-state index contributed by atoms with van der Waals surface area (Å²) in [6.07, 6.45) is 0. The van der Waals surface area contributed by atoms with Gasteiger partial charge in [0.05, 0.1) is 0 Å². The Bertz CT molecular complexity index is 314. The molecule has 0 radical (unpaired) electrons. The highest BCUT2D eigenvalue weighted by molar-refractivity contribution is 8.34. The second-order valence-corrected chi connectivity index (χ2v) is 15.9. The lowest BCUT2D eigenvalue weighted by Gasteiger charge is -2.35. The van der Waals surface area contributed by atoms with Crippen LogP contribution in [-0.2, 0) is 0 Å². The van der Waals surface area contributed by atoms with Gasteiger partial charge >= 0.3 is 0 Å². The molecular formula is C13H22S2Si. The van der Waals surface area contributed by atoms with E-state index in [1.807, 2.05) is 11.8 Å². The van der Waals surface area contributed by atoms with Crippen molar-refractivity contribution in [3.05, 3.63) is 30.3 Å². The van der Waals surface area contributed by atoms with Crippen molar-refractivity contribution in [3.8, 4) is 0 Å². The van der Waals surface area contributed by atoms with E-state index in [2.05, 4.69) is 75.4 Å². The van der Waals surface area contributed by atoms with E-state index < -0.39 is 7.22 Å². The number of thioether (sulfide) groups is 1. The molecule has 0 N–H and O–H groups in total. The fourth-order valence-electron chi connectivity index (χ4n) is 0.978. The van der Waals surface area contributed by atoms with Gasteiger partial charge in [0, 0.05) is 9.98 Å². The normalized spacial score (nSPS) is 12.8. The van der Waals surface area contributed by atoms with Crippen LogP contribution in [-0.4, -0.2) is 12.3 Å². The predicted octanol–water partition coefficient (Wildman–Crippen LogP) is 5.47. The van der Waals surface area contributed by atoms with E-state index in [9.17, 15) is 0 Å². The largest absolute Gasteiger partial charge is 0.174 e. The summed E-state index contributed by atoms with van der Waals surface area (Å²) in [5.74, 6) is 0. The zero-order valence-corrected chi connectivity index (χ0v) is 13.5. The summed E-state index contributed by atoms with van der Waals surface area (Å²) in [4.78, 5) is 1.38. The molecule has 0 bridgehead atoms. The van der Waals surface area contributed by atoms with Crippen LogP contribution in [0.1, 0.15) is 20.8 Å². The first kappa shape index (κ1) is 14.2. The minimum atomic E-state index is -1.16. The minimum Gasteiger partial charge on any atom is -0.174 e. The third-order valence-electron chi connectivity index (χ3n) is 3.19. The molecule has 0 aliphatic rings. The lowest BCUT2D eigenvalue weighted by molar-refractivity contribution is 0.737. The standard InChI is InChI=1S/C13H22S2Si/c1-13(2,3)16(4,5)15-11-14-12-9-7-6-8-10-12/h6-10H,11H2,1-5H3. The second kappa shape index (κ2) is 5.65. The van der Waals surface area contributed by atoms with Gasteiger partial charge in [0.2, 0.25) is 0 Å². The monoisotopic (exact) mass is 270 g/mol. The van der Waals surface area contributed by atoms with Crippen LogP contribution in [0.2, 0.25) is 18.1 Å². The van der Waals surface area contributed by atoms with Crippen molar-refractivity contribution in [2.75, 3.05) is 5.08 Å². The zero-order chi connectivity index (χ0) is 12.2. The minimum absolute atomic E-state index is 0.481. The molecule has 0 saturated carbocycles. The number of rotatable bonds is 4. The van der Waals surface area contributed by atoms with E-state index in [0.29, 0.717) is 5.04 Å². The molecule has 0 spiro atoms. The molecule has 3 heteroatoms. The Morgan fingerprint density at radius 1 is 1.06 bits per heavy atom. The van der Waals surface area contributed by atoms with Crippen LogP contribution in [0.4, 0.5) is 0 Å². The van der Waals surface area contributed by atoms with E-state index in [-0.39, 0.29) is 0 Å². The second-order valence-electron chi connectivity index (χ2n) is 5.48. The Kier molecular flexibility index (Phi) is 5.01. The topological polar surface area (TPSA) is 0 Å². The number of hydrogen-bond donors (Lipinski definition) is 0. The van der Waals surface area contributed by atoms with Gasteiger partial charge in [-0.1, -0.05) is 52.1 Å². The highest BCUT2D eigenvalue weighted by Gasteiger charge is 2.35. The molecule has 0 unspecified atom stereocenters. The third kappa shape index (κ3) is 4.19. The maximum absolute atomic E-state index is 2.48. The number of benzene rings is 1. The summed E-state index contributed by atoms with van der Waals surface area (Å²) < 4.78 is 0. The molecule has 1 aromatic carbocycles. The van der Waals surface area contributed by atoms with Crippen LogP contribution in [0.3, 0.4) is 0 Å². The predicted molar refractivity (Wildman–Crippen MR) is 82.0 cm³/mol. The summed E-state index contributed by atoms with van der Waals surface area (Å²) in [5, 5.41) is 1.66. The van der Waals surface area contributed by atoms with Crippen molar-refractivity contribution >= 4 is 30.2 Å². The van der Waals surface area contributed by atoms with E-state index >= 15 is 0 Å². The van der Waals surface area contributed by atoms with Gasteiger partial charge in [0.25, 0.3) is 0 Å². The molecule has 1 rings (SSSR count). The van der Waals surface area contributed by atoms with Crippen molar-refractivity contribution < 1.29 is 0 Å². The Morgan fingerprint density at radius 2 is 1.62 bits per heavy atom. The molecule has 0 aliphatic heterocycles. The SMILES string of the molecule is CC(C)(C)[Si](C)(C)SCSc1ccccc1. The van der Waals surface area contributed by atoms with Crippen LogP contribution in [0.5, 0.6) is 0 Å². The molecule has 0 amide bonds. The highest BCUT2D eigenvalue weighted by atomic mass is 32.4. The van der Waals surface area contributed by atoms with Crippen molar-refractivity contribution in [1.82, 2.24) is 0 Å². The molecule has 16 heavy (non-hydrogen) atoms. The van der Waals surface area contributed by atoms with Gasteiger partial charge < -0.3 is 0 Å². The van der Waals surface area contributed by atoms with Gasteiger partial charge in [-0.2, -0.15) is 11.2 Å². The van der Waals surface area contributed by atoms with E-state index in [0.717, 1.165) is 0 Å². The van der Waals surface area contributed by atoms with Crippen molar-refractivity contribution in [1.29, 1.82) is 0 Å². The molecule has 0 atom stereocenters.